The Balaban J connectivity index is 1.64. The molecule has 3 aromatic heterocycles. The van der Waals surface area contributed by atoms with Crippen LogP contribution in [0.2, 0.25) is 0 Å². The number of carbonyl (C=O) groups is 1. The van der Waals surface area contributed by atoms with Gasteiger partial charge in [0.25, 0.3) is 0 Å². The topological polar surface area (TPSA) is 151 Å². The predicted octanol–water partition coefficient (Wildman–Crippen LogP) is 2.06. The maximum absolute atomic E-state index is 12.1. The molecule has 30 heavy (non-hydrogen) atoms. The summed E-state index contributed by atoms with van der Waals surface area (Å²) in [6.07, 6.45) is 7.96. The number of nitrogens with zero attached hydrogens (tertiary/aromatic N) is 5. The molecule has 1 fully saturated rings. The molecule has 0 aromatic carbocycles. The number of primary amides is 1. The van der Waals surface area contributed by atoms with Crippen LogP contribution in [-0.2, 0) is 18.0 Å². The van der Waals surface area contributed by atoms with Gasteiger partial charge in [-0.25, -0.2) is 20.7 Å². The van der Waals surface area contributed by atoms with Crippen molar-refractivity contribution in [3.63, 3.8) is 0 Å². The monoisotopic (exact) mass is 412 g/mol. The van der Waals surface area contributed by atoms with Crippen molar-refractivity contribution in [1.29, 1.82) is 0 Å². The molecule has 6 N–H and O–H groups in total. The second-order valence-electron chi connectivity index (χ2n) is 7.73. The number of aryl methyl sites for hydroxylation is 1. The standard InChI is InChI=1S/C20H28N8O2/c21-19-17-18(16-14(25-19)8-4-9-24-16)28(15(26-17)12-30-23)11-5-10-27(20(22)29)13-6-2-1-3-7-13/h4,8-9,13H,1-3,5-7,10-12,23H2,(H2,21,25)(H2,22,29). The summed E-state index contributed by atoms with van der Waals surface area (Å²) in [4.78, 5) is 32.2. The second kappa shape index (κ2) is 8.80. The van der Waals surface area contributed by atoms with Gasteiger partial charge in [0.15, 0.2) is 5.82 Å². The maximum Gasteiger partial charge on any atom is 0.315 e. The van der Waals surface area contributed by atoms with Crippen LogP contribution in [0.1, 0.15) is 44.3 Å². The lowest BCUT2D eigenvalue weighted by molar-refractivity contribution is 0.115. The van der Waals surface area contributed by atoms with E-state index in [2.05, 4.69) is 15.0 Å². The largest absolute Gasteiger partial charge is 0.382 e. The number of nitrogen functional groups attached to an aromatic ring is 1. The highest BCUT2D eigenvalue weighted by atomic mass is 16.6. The third-order valence-electron chi connectivity index (χ3n) is 5.83. The maximum atomic E-state index is 12.1. The zero-order valence-electron chi connectivity index (χ0n) is 17.0. The highest BCUT2D eigenvalue weighted by Crippen LogP contribution is 2.28. The molecule has 1 saturated carbocycles. The van der Waals surface area contributed by atoms with Crippen LogP contribution >= 0.6 is 0 Å². The van der Waals surface area contributed by atoms with Crippen LogP contribution in [0.3, 0.4) is 0 Å². The lowest BCUT2D eigenvalue weighted by Crippen LogP contribution is -2.45. The average molecular weight is 412 g/mol. The Bertz CT molecular complexity index is 1040. The van der Waals surface area contributed by atoms with Crippen LogP contribution < -0.4 is 17.4 Å². The number of hydrogen-bond donors (Lipinski definition) is 3. The number of pyridine rings is 2. The molecule has 10 heteroatoms. The molecule has 0 bridgehead atoms. The molecule has 0 radical (unpaired) electrons. The number of fused-ring (bicyclic) bond motifs is 3. The van der Waals surface area contributed by atoms with E-state index >= 15 is 0 Å². The summed E-state index contributed by atoms with van der Waals surface area (Å²) >= 11 is 0. The normalized spacial score (nSPS) is 15.1. The summed E-state index contributed by atoms with van der Waals surface area (Å²) in [5, 5.41) is 0. The zero-order chi connectivity index (χ0) is 21.1. The second-order valence-corrected chi connectivity index (χ2v) is 7.73. The lowest BCUT2D eigenvalue weighted by atomic mass is 9.94. The van der Waals surface area contributed by atoms with E-state index in [9.17, 15) is 4.79 Å². The number of aromatic nitrogens is 4. The van der Waals surface area contributed by atoms with Crippen molar-refractivity contribution in [3.05, 3.63) is 24.2 Å². The van der Waals surface area contributed by atoms with Gasteiger partial charge in [0.2, 0.25) is 0 Å². The molecule has 0 atom stereocenters. The van der Waals surface area contributed by atoms with E-state index in [1.54, 1.807) is 6.20 Å². The number of nitrogens with two attached hydrogens (primary N) is 3. The molecule has 160 valence electrons. The van der Waals surface area contributed by atoms with Gasteiger partial charge in [0.05, 0.1) is 5.52 Å². The number of hydrogen-bond acceptors (Lipinski definition) is 7. The third kappa shape index (κ3) is 3.88. The van der Waals surface area contributed by atoms with Crippen molar-refractivity contribution >= 4 is 33.9 Å². The highest BCUT2D eigenvalue weighted by molar-refractivity contribution is 6.04. The van der Waals surface area contributed by atoms with Crippen molar-refractivity contribution in [1.82, 2.24) is 24.4 Å². The van der Waals surface area contributed by atoms with Crippen molar-refractivity contribution in [3.8, 4) is 0 Å². The third-order valence-corrected chi connectivity index (χ3v) is 5.83. The minimum atomic E-state index is -0.358. The van der Waals surface area contributed by atoms with Gasteiger partial charge < -0.3 is 20.9 Å². The molecule has 1 aliphatic carbocycles. The number of rotatable bonds is 7. The number of carbonyl (C=O) groups excluding carboxylic acids is 1. The summed E-state index contributed by atoms with van der Waals surface area (Å²) in [5.74, 6) is 6.31. The molecule has 4 rings (SSSR count). The fraction of sp³-hybridized carbons (Fsp3) is 0.500. The summed E-state index contributed by atoms with van der Waals surface area (Å²) < 4.78 is 2.01. The summed E-state index contributed by atoms with van der Waals surface area (Å²) in [6.45, 7) is 1.31. The van der Waals surface area contributed by atoms with Gasteiger partial charge in [-0.2, -0.15) is 0 Å². The van der Waals surface area contributed by atoms with Gasteiger partial charge in [-0.15, -0.1) is 0 Å². The average Bonchev–Trinajstić information content (AvgIpc) is 3.11. The first kappa shape index (κ1) is 20.3. The van der Waals surface area contributed by atoms with E-state index in [0.717, 1.165) is 36.7 Å². The van der Waals surface area contributed by atoms with Gasteiger partial charge in [0.1, 0.15) is 29.0 Å². The van der Waals surface area contributed by atoms with Crippen LogP contribution in [0.15, 0.2) is 18.3 Å². The minimum absolute atomic E-state index is 0.130. The molecule has 2 amide bonds. The van der Waals surface area contributed by atoms with Crippen LogP contribution in [-0.4, -0.2) is 43.0 Å². The van der Waals surface area contributed by atoms with Gasteiger partial charge in [-0.1, -0.05) is 19.3 Å². The van der Waals surface area contributed by atoms with Crippen LogP contribution in [0.5, 0.6) is 0 Å². The van der Waals surface area contributed by atoms with Gasteiger partial charge in [0, 0.05) is 25.3 Å². The molecule has 1 aliphatic rings. The molecule has 0 aliphatic heterocycles. The minimum Gasteiger partial charge on any atom is -0.382 e. The Morgan fingerprint density at radius 1 is 1.23 bits per heavy atom. The van der Waals surface area contributed by atoms with Gasteiger partial charge in [-0.3, -0.25) is 9.82 Å². The van der Waals surface area contributed by atoms with Crippen molar-refractivity contribution in [2.45, 2.75) is 57.7 Å². The van der Waals surface area contributed by atoms with E-state index in [1.165, 1.54) is 6.42 Å². The molecule has 10 nitrogen and oxygen atoms in total. The lowest BCUT2D eigenvalue weighted by Gasteiger charge is -2.33. The van der Waals surface area contributed by atoms with E-state index in [0.29, 0.717) is 42.2 Å². The number of imidazole rings is 1. The smallest absolute Gasteiger partial charge is 0.315 e. The van der Waals surface area contributed by atoms with Gasteiger partial charge in [-0.05, 0) is 31.4 Å². The van der Waals surface area contributed by atoms with E-state index in [1.807, 2.05) is 21.6 Å². The number of amides is 2. The van der Waals surface area contributed by atoms with E-state index < -0.39 is 0 Å². The summed E-state index contributed by atoms with van der Waals surface area (Å²) in [5.41, 5.74) is 14.6. The van der Waals surface area contributed by atoms with E-state index in [4.69, 9.17) is 22.2 Å². The van der Waals surface area contributed by atoms with Crippen LogP contribution in [0.4, 0.5) is 10.6 Å². The first-order chi connectivity index (χ1) is 14.6. The molecule has 3 heterocycles. The molecular weight excluding hydrogens is 384 g/mol. The Morgan fingerprint density at radius 3 is 2.77 bits per heavy atom. The predicted molar refractivity (Wildman–Crippen MR) is 114 cm³/mol. The zero-order valence-corrected chi connectivity index (χ0v) is 17.0. The SMILES string of the molecule is NOCc1nc2c(N)nc3cccnc3c2n1CCCN(C(N)=O)C1CCCCC1. The Morgan fingerprint density at radius 2 is 2.03 bits per heavy atom. The Labute approximate surface area is 174 Å². The number of urea groups is 1. The molecular formula is C20H28N8O2. The van der Waals surface area contributed by atoms with Crippen molar-refractivity contribution in [2.24, 2.45) is 11.6 Å². The molecule has 0 saturated heterocycles. The van der Waals surface area contributed by atoms with Gasteiger partial charge >= 0.3 is 6.03 Å². The summed E-state index contributed by atoms with van der Waals surface area (Å²) in [7, 11) is 0. The quantitative estimate of drug-likeness (QED) is 0.502. The molecule has 0 unspecified atom stereocenters. The van der Waals surface area contributed by atoms with Crippen LogP contribution in [0, 0.1) is 0 Å². The first-order valence-corrected chi connectivity index (χ1v) is 10.4. The fourth-order valence-electron chi connectivity index (χ4n) is 4.46. The number of anilines is 1. The Hall–Kier alpha value is -2.98. The van der Waals surface area contributed by atoms with Crippen molar-refractivity contribution < 1.29 is 9.63 Å². The molecule has 0 spiro atoms. The Kier molecular flexibility index (Phi) is 5.96. The first-order valence-electron chi connectivity index (χ1n) is 10.4. The van der Waals surface area contributed by atoms with Crippen LogP contribution in [0.25, 0.3) is 22.1 Å². The van der Waals surface area contributed by atoms with E-state index in [-0.39, 0.29) is 18.7 Å². The molecule has 3 aromatic rings. The summed E-state index contributed by atoms with van der Waals surface area (Å²) in [6, 6.07) is 3.56. The highest BCUT2D eigenvalue weighted by Gasteiger charge is 2.24. The fourth-order valence-corrected chi connectivity index (χ4v) is 4.46. The van der Waals surface area contributed by atoms with Crippen molar-refractivity contribution in [2.75, 3.05) is 12.3 Å².